The number of rotatable bonds is 5. The van der Waals surface area contributed by atoms with Crippen LogP contribution in [-0.2, 0) is 0 Å². The summed E-state index contributed by atoms with van der Waals surface area (Å²) >= 11 is 12.4. The first kappa shape index (κ1) is 21.7. The van der Waals surface area contributed by atoms with Crippen LogP contribution < -0.4 is 24.7 Å². The van der Waals surface area contributed by atoms with Gasteiger partial charge in [0.15, 0.2) is 11.5 Å². The number of nitrogens with zero attached hydrogens (tertiary/aromatic N) is 2. The lowest BCUT2D eigenvalue weighted by Crippen LogP contribution is -2.21. The van der Waals surface area contributed by atoms with Gasteiger partial charge in [0.2, 0.25) is 17.5 Å². The van der Waals surface area contributed by atoms with Crippen LogP contribution in [0.3, 0.4) is 0 Å². The fourth-order valence-electron chi connectivity index (χ4n) is 3.72. The lowest BCUT2D eigenvalue weighted by molar-refractivity contribution is 0.324. The molecule has 1 aliphatic rings. The van der Waals surface area contributed by atoms with Crippen LogP contribution in [-0.4, -0.2) is 31.5 Å². The number of benzene rings is 2. The molecule has 32 heavy (non-hydrogen) atoms. The normalized spacial score (nSPS) is 14.9. The predicted octanol–water partition coefficient (Wildman–Crippen LogP) is 4.63. The molecule has 2 aromatic carbocycles. The highest BCUT2D eigenvalue weighted by atomic mass is 35.5. The number of aromatic amines is 1. The second-order valence-corrected chi connectivity index (χ2v) is 7.64. The minimum absolute atomic E-state index is 0.0287. The zero-order valence-electron chi connectivity index (χ0n) is 17.3. The van der Waals surface area contributed by atoms with E-state index in [1.807, 2.05) is 0 Å². The van der Waals surface area contributed by atoms with Gasteiger partial charge >= 0.3 is 0 Å². The molecule has 0 fully saturated rings. The number of halogens is 2. The molecule has 0 aliphatic carbocycles. The molecular weight excluding hydrogens is 455 g/mol. The van der Waals surface area contributed by atoms with Gasteiger partial charge in [0, 0.05) is 5.56 Å². The zero-order valence-corrected chi connectivity index (χ0v) is 18.8. The Hall–Kier alpha value is -3.54. The van der Waals surface area contributed by atoms with Crippen LogP contribution in [0, 0.1) is 11.3 Å². The van der Waals surface area contributed by atoms with Crippen LogP contribution >= 0.6 is 23.2 Å². The van der Waals surface area contributed by atoms with Crippen LogP contribution in [0.4, 0.5) is 0 Å². The third kappa shape index (κ3) is 3.45. The molecule has 164 valence electrons. The molecule has 0 saturated heterocycles. The molecule has 0 bridgehead atoms. The topological polar surface area (TPSA) is 115 Å². The van der Waals surface area contributed by atoms with Gasteiger partial charge in [0.05, 0.1) is 48.5 Å². The Bertz CT molecular complexity index is 1250. The average Bonchev–Trinajstić information content (AvgIpc) is 3.22. The molecular formula is C22H18Cl2N4O4. The number of methoxy groups -OCH3 is 3. The van der Waals surface area contributed by atoms with Crippen LogP contribution in [0.2, 0.25) is 10.0 Å². The number of allylic oxidation sites excluding steroid dienone is 1. The summed E-state index contributed by atoms with van der Waals surface area (Å²) in [4.78, 5) is 0. The van der Waals surface area contributed by atoms with E-state index in [1.54, 1.807) is 30.3 Å². The SMILES string of the molecule is COc1cc(-c2[nH]nc3c2[C@H](c2ccc(Cl)c(Cl)c2)C(C#N)=C(N)O3)cc(OC)c1OC. The number of nitrogens with one attached hydrogen (secondary N) is 1. The Labute approximate surface area is 194 Å². The van der Waals surface area contributed by atoms with Crippen LogP contribution in [0.25, 0.3) is 11.3 Å². The van der Waals surface area contributed by atoms with Crippen LogP contribution in [0.5, 0.6) is 23.1 Å². The van der Waals surface area contributed by atoms with E-state index in [0.29, 0.717) is 49.7 Å². The fraction of sp³-hybridized carbons (Fsp3) is 0.182. The highest BCUT2D eigenvalue weighted by Crippen LogP contribution is 2.48. The van der Waals surface area contributed by atoms with Crippen molar-refractivity contribution in [3.63, 3.8) is 0 Å². The lowest BCUT2D eigenvalue weighted by Gasteiger charge is -2.24. The summed E-state index contributed by atoms with van der Waals surface area (Å²) in [6.45, 7) is 0. The fourth-order valence-corrected chi connectivity index (χ4v) is 4.02. The molecule has 0 spiro atoms. The van der Waals surface area contributed by atoms with Gasteiger partial charge in [-0.1, -0.05) is 29.3 Å². The number of nitrogens with two attached hydrogens (primary N) is 1. The molecule has 0 amide bonds. The van der Waals surface area contributed by atoms with E-state index in [-0.39, 0.29) is 17.3 Å². The first-order valence-electron chi connectivity index (χ1n) is 9.34. The molecule has 3 N–H and O–H groups in total. The van der Waals surface area contributed by atoms with Crippen molar-refractivity contribution >= 4 is 23.2 Å². The maximum Gasteiger partial charge on any atom is 0.244 e. The second kappa shape index (κ2) is 8.54. The van der Waals surface area contributed by atoms with Crippen molar-refractivity contribution in [3.05, 3.63) is 63.0 Å². The first-order chi connectivity index (χ1) is 15.4. The number of H-pyrrole nitrogens is 1. The van der Waals surface area contributed by atoms with Gasteiger partial charge in [0.1, 0.15) is 11.6 Å². The van der Waals surface area contributed by atoms with E-state index in [1.165, 1.54) is 21.3 Å². The summed E-state index contributed by atoms with van der Waals surface area (Å²) < 4.78 is 22.0. The zero-order chi connectivity index (χ0) is 23.0. The Morgan fingerprint density at radius 3 is 2.31 bits per heavy atom. The molecule has 8 nitrogen and oxygen atoms in total. The number of fused-ring (bicyclic) bond motifs is 1. The van der Waals surface area contributed by atoms with Gasteiger partial charge in [0.25, 0.3) is 0 Å². The second-order valence-electron chi connectivity index (χ2n) is 6.83. The van der Waals surface area contributed by atoms with E-state index < -0.39 is 5.92 Å². The Balaban J connectivity index is 1.97. The Morgan fingerprint density at radius 2 is 1.75 bits per heavy atom. The van der Waals surface area contributed by atoms with Gasteiger partial charge in [-0.3, -0.25) is 5.10 Å². The Morgan fingerprint density at radius 1 is 1.06 bits per heavy atom. The maximum absolute atomic E-state index is 9.86. The van der Waals surface area contributed by atoms with Crippen LogP contribution in [0.15, 0.2) is 41.8 Å². The average molecular weight is 473 g/mol. The summed E-state index contributed by atoms with van der Waals surface area (Å²) in [5, 5.41) is 17.9. The number of aromatic nitrogens is 2. The van der Waals surface area contributed by atoms with Crippen molar-refractivity contribution in [1.82, 2.24) is 10.2 Å². The van der Waals surface area contributed by atoms with Crippen molar-refractivity contribution in [2.24, 2.45) is 5.73 Å². The van der Waals surface area contributed by atoms with Gasteiger partial charge in [-0.2, -0.15) is 5.26 Å². The van der Waals surface area contributed by atoms with Crippen molar-refractivity contribution in [2.45, 2.75) is 5.92 Å². The van der Waals surface area contributed by atoms with Crippen LogP contribution in [0.1, 0.15) is 17.0 Å². The molecule has 0 unspecified atom stereocenters. The molecule has 1 aromatic heterocycles. The third-order valence-electron chi connectivity index (χ3n) is 5.17. The maximum atomic E-state index is 9.86. The molecule has 2 heterocycles. The van der Waals surface area contributed by atoms with E-state index in [0.717, 1.165) is 0 Å². The van der Waals surface area contributed by atoms with Gasteiger partial charge < -0.3 is 24.7 Å². The van der Waals surface area contributed by atoms with Crippen molar-refractivity contribution in [1.29, 1.82) is 5.26 Å². The molecule has 1 atom stereocenters. The quantitative estimate of drug-likeness (QED) is 0.555. The van der Waals surface area contributed by atoms with E-state index in [9.17, 15) is 5.26 Å². The van der Waals surface area contributed by atoms with Gasteiger partial charge in [-0.05, 0) is 29.8 Å². The van der Waals surface area contributed by atoms with Crippen molar-refractivity contribution in [3.8, 4) is 40.5 Å². The standard InChI is InChI=1S/C22H18Cl2N4O4/c1-29-15-7-11(8-16(30-2)20(15)31-3)19-18-17(10-4-5-13(23)14(24)6-10)12(9-25)21(26)32-22(18)28-27-19/h4-8,17H,26H2,1-3H3,(H,27,28)/t17-/m1/s1. The monoisotopic (exact) mass is 472 g/mol. The lowest BCUT2D eigenvalue weighted by atomic mass is 9.83. The van der Waals surface area contributed by atoms with E-state index in [2.05, 4.69) is 16.3 Å². The minimum Gasteiger partial charge on any atom is -0.493 e. The summed E-state index contributed by atoms with van der Waals surface area (Å²) in [5.74, 6) is 1.00. The van der Waals surface area contributed by atoms with E-state index >= 15 is 0 Å². The minimum atomic E-state index is -0.591. The summed E-state index contributed by atoms with van der Waals surface area (Å²) in [6, 6.07) is 10.8. The first-order valence-corrected chi connectivity index (χ1v) is 10.1. The van der Waals surface area contributed by atoms with Crippen molar-refractivity contribution < 1.29 is 18.9 Å². The molecule has 3 aromatic rings. The summed E-state index contributed by atoms with van der Waals surface area (Å²) in [7, 11) is 4.59. The predicted molar refractivity (Wildman–Crippen MR) is 119 cm³/mol. The number of nitriles is 1. The molecule has 0 radical (unpaired) electrons. The number of ether oxygens (including phenoxy) is 4. The highest BCUT2D eigenvalue weighted by Gasteiger charge is 2.36. The van der Waals surface area contributed by atoms with Gasteiger partial charge in [-0.25, -0.2) is 0 Å². The van der Waals surface area contributed by atoms with E-state index in [4.69, 9.17) is 47.9 Å². The molecule has 4 rings (SSSR count). The summed E-state index contributed by atoms with van der Waals surface area (Å²) in [6.07, 6.45) is 0. The number of hydrogen-bond donors (Lipinski definition) is 2. The smallest absolute Gasteiger partial charge is 0.244 e. The molecule has 10 heteroatoms. The van der Waals surface area contributed by atoms with Gasteiger partial charge in [-0.15, -0.1) is 5.10 Å². The Kier molecular flexibility index (Phi) is 5.78. The molecule has 0 saturated carbocycles. The molecule has 1 aliphatic heterocycles. The van der Waals surface area contributed by atoms with Crippen molar-refractivity contribution in [2.75, 3.05) is 21.3 Å². The highest BCUT2D eigenvalue weighted by molar-refractivity contribution is 6.42. The summed E-state index contributed by atoms with van der Waals surface area (Å²) in [5.41, 5.74) is 8.86. The number of hydrogen-bond acceptors (Lipinski definition) is 7. The largest absolute Gasteiger partial charge is 0.493 e. The third-order valence-corrected chi connectivity index (χ3v) is 5.91.